The Kier molecular flexibility index (Phi) is 3.13. The monoisotopic (exact) mass is 218 g/mol. The predicted octanol–water partition coefficient (Wildman–Crippen LogP) is 2.34. The Hall–Kier alpha value is -1.51. The standard InChI is InChI=1S/C13H18N2O/c1-10(11-6-2-3-7-12(11)14)15-9-5-4-8-13(15)16/h2-3,6-7,10H,4-5,8-9,14H2,1H3. The largest absolute Gasteiger partial charge is 0.398 e. The van der Waals surface area contributed by atoms with E-state index in [2.05, 4.69) is 6.92 Å². The number of amides is 1. The van der Waals surface area contributed by atoms with Gasteiger partial charge in [-0.05, 0) is 31.4 Å². The van der Waals surface area contributed by atoms with Crippen molar-refractivity contribution in [3.8, 4) is 0 Å². The fourth-order valence-corrected chi connectivity index (χ4v) is 2.30. The van der Waals surface area contributed by atoms with Crippen molar-refractivity contribution < 1.29 is 4.79 Å². The highest BCUT2D eigenvalue weighted by Gasteiger charge is 2.24. The highest BCUT2D eigenvalue weighted by molar-refractivity contribution is 5.77. The van der Waals surface area contributed by atoms with E-state index in [0.717, 1.165) is 30.6 Å². The van der Waals surface area contributed by atoms with E-state index in [9.17, 15) is 4.79 Å². The van der Waals surface area contributed by atoms with E-state index in [4.69, 9.17) is 5.73 Å². The quantitative estimate of drug-likeness (QED) is 0.774. The molecule has 1 aromatic carbocycles. The highest BCUT2D eigenvalue weighted by atomic mass is 16.2. The lowest BCUT2D eigenvalue weighted by atomic mass is 10.0. The van der Waals surface area contributed by atoms with Gasteiger partial charge in [0, 0.05) is 18.7 Å². The molecule has 1 unspecified atom stereocenters. The van der Waals surface area contributed by atoms with Gasteiger partial charge >= 0.3 is 0 Å². The fraction of sp³-hybridized carbons (Fsp3) is 0.462. The first-order valence-corrected chi connectivity index (χ1v) is 5.84. The second-order valence-corrected chi connectivity index (χ2v) is 4.35. The number of hydrogen-bond acceptors (Lipinski definition) is 2. The highest BCUT2D eigenvalue weighted by Crippen LogP contribution is 2.28. The van der Waals surface area contributed by atoms with Gasteiger partial charge in [0.2, 0.25) is 5.91 Å². The molecule has 1 aliphatic rings. The number of piperidine rings is 1. The summed E-state index contributed by atoms with van der Waals surface area (Å²) in [6.45, 7) is 2.91. The molecule has 1 aromatic rings. The van der Waals surface area contributed by atoms with Crippen LogP contribution in [-0.2, 0) is 4.79 Å². The molecular weight excluding hydrogens is 200 g/mol. The van der Waals surface area contributed by atoms with Crippen LogP contribution in [0.25, 0.3) is 0 Å². The van der Waals surface area contributed by atoms with Crippen LogP contribution in [0.15, 0.2) is 24.3 Å². The number of benzene rings is 1. The number of nitrogens with zero attached hydrogens (tertiary/aromatic N) is 1. The van der Waals surface area contributed by atoms with Crippen molar-refractivity contribution in [1.29, 1.82) is 0 Å². The second-order valence-electron chi connectivity index (χ2n) is 4.35. The molecule has 0 aliphatic carbocycles. The molecule has 1 fully saturated rings. The van der Waals surface area contributed by atoms with Crippen molar-refractivity contribution in [3.05, 3.63) is 29.8 Å². The Morgan fingerprint density at radius 1 is 1.31 bits per heavy atom. The molecule has 2 rings (SSSR count). The Morgan fingerprint density at radius 3 is 2.75 bits per heavy atom. The Bertz CT molecular complexity index is 389. The van der Waals surface area contributed by atoms with Gasteiger partial charge in [0.15, 0.2) is 0 Å². The maximum atomic E-state index is 11.8. The van der Waals surface area contributed by atoms with Gasteiger partial charge in [-0.15, -0.1) is 0 Å². The van der Waals surface area contributed by atoms with Crippen LogP contribution in [0.3, 0.4) is 0 Å². The zero-order valence-corrected chi connectivity index (χ0v) is 9.65. The third-order valence-corrected chi connectivity index (χ3v) is 3.27. The minimum Gasteiger partial charge on any atom is -0.398 e. The van der Waals surface area contributed by atoms with Crippen LogP contribution < -0.4 is 5.73 Å². The van der Waals surface area contributed by atoms with Crippen LogP contribution in [-0.4, -0.2) is 17.4 Å². The molecule has 0 bridgehead atoms. The summed E-state index contributed by atoms with van der Waals surface area (Å²) in [6, 6.07) is 7.87. The number of carbonyl (C=O) groups excluding carboxylic acids is 1. The number of nitrogens with two attached hydrogens (primary N) is 1. The van der Waals surface area contributed by atoms with E-state index in [1.165, 1.54) is 0 Å². The van der Waals surface area contributed by atoms with Crippen LogP contribution in [0.4, 0.5) is 5.69 Å². The lowest BCUT2D eigenvalue weighted by Crippen LogP contribution is -2.37. The maximum absolute atomic E-state index is 11.8. The van der Waals surface area contributed by atoms with E-state index < -0.39 is 0 Å². The average Bonchev–Trinajstić information content (AvgIpc) is 2.29. The lowest BCUT2D eigenvalue weighted by Gasteiger charge is -2.33. The summed E-state index contributed by atoms with van der Waals surface area (Å²) in [5.74, 6) is 0.252. The summed E-state index contributed by atoms with van der Waals surface area (Å²) in [5.41, 5.74) is 7.76. The first kappa shape index (κ1) is 11.0. The van der Waals surface area contributed by atoms with Gasteiger partial charge < -0.3 is 10.6 Å². The van der Waals surface area contributed by atoms with Crippen molar-refractivity contribution in [2.75, 3.05) is 12.3 Å². The van der Waals surface area contributed by atoms with Crippen molar-refractivity contribution in [2.24, 2.45) is 0 Å². The summed E-state index contributed by atoms with van der Waals surface area (Å²) in [7, 11) is 0. The number of nitrogen functional groups attached to an aromatic ring is 1. The van der Waals surface area contributed by atoms with Gasteiger partial charge in [-0.2, -0.15) is 0 Å². The summed E-state index contributed by atoms with van der Waals surface area (Å²) < 4.78 is 0. The smallest absolute Gasteiger partial charge is 0.223 e. The summed E-state index contributed by atoms with van der Waals surface area (Å²) >= 11 is 0. The van der Waals surface area contributed by atoms with Crippen LogP contribution in [0.5, 0.6) is 0 Å². The maximum Gasteiger partial charge on any atom is 0.223 e. The van der Waals surface area contributed by atoms with Crippen molar-refractivity contribution in [1.82, 2.24) is 4.90 Å². The molecule has 0 radical (unpaired) electrons. The van der Waals surface area contributed by atoms with Crippen LogP contribution >= 0.6 is 0 Å². The molecule has 3 heteroatoms. The zero-order chi connectivity index (χ0) is 11.5. The topological polar surface area (TPSA) is 46.3 Å². The van der Waals surface area contributed by atoms with E-state index in [-0.39, 0.29) is 11.9 Å². The molecular formula is C13H18N2O. The summed E-state index contributed by atoms with van der Waals surface area (Å²) in [6.07, 6.45) is 2.80. The Morgan fingerprint density at radius 2 is 2.06 bits per heavy atom. The number of hydrogen-bond donors (Lipinski definition) is 1. The van der Waals surface area contributed by atoms with Gasteiger partial charge in [-0.3, -0.25) is 4.79 Å². The molecule has 1 saturated heterocycles. The van der Waals surface area contributed by atoms with Crippen molar-refractivity contribution in [3.63, 3.8) is 0 Å². The van der Waals surface area contributed by atoms with E-state index in [0.29, 0.717) is 6.42 Å². The number of carbonyl (C=O) groups is 1. The second kappa shape index (κ2) is 4.56. The van der Waals surface area contributed by atoms with Gasteiger partial charge in [0.05, 0.1) is 6.04 Å². The third-order valence-electron chi connectivity index (χ3n) is 3.27. The van der Waals surface area contributed by atoms with Gasteiger partial charge in [0.1, 0.15) is 0 Å². The molecule has 1 heterocycles. The third kappa shape index (κ3) is 2.03. The van der Waals surface area contributed by atoms with E-state index in [1.54, 1.807) is 0 Å². The number of anilines is 1. The molecule has 1 aliphatic heterocycles. The average molecular weight is 218 g/mol. The molecule has 1 amide bonds. The van der Waals surface area contributed by atoms with Gasteiger partial charge in [0.25, 0.3) is 0 Å². The SMILES string of the molecule is CC(c1ccccc1N)N1CCCCC1=O. The zero-order valence-electron chi connectivity index (χ0n) is 9.65. The summed E-state index contributed by atoms with van der Waals surface area (Å²) in [5, 5.41) is 0. The number of rotatable bonds is 2. The molecule has 2 N–H and O–H groups in total. The fourth-order valence-electron chi connectivity index (χ4n) is 2.30. The minimum absolute atomic E-state index is 0.0917. The van der Waals surface area contributed by atoms with Gasteiger partial charge in [-0.25, -0.2) is 0 Å². The minimum atomic E-state index is 0.0917. The molecule has 86 valence electrons. The lowest BCUT2D eigenvalue weighted by molar-refractivity contribution is -0.135. The van der Waals surface area contributed by atoms with Crippen LogP contribution in [0.2, 0.25) is 0 Å². The first-order valence-electron chi connectivity index (χ1n) is 5.84. The predicted molar refractivity (Wildman–Crippen MR) is 64.8 cm³/mol. The van der Waals surface area contributed by atoms with E-state index in [1.807, 2.05) is 29.2 Å². The Labute approximate surface area is 96.2 Å². The van der Waals surface area contributed by atoms with Gasteiger partial charge in [-0.1, -0.05) is 18.2 Å². The number of para-hydroxylation sites is 1. The van der Waals surface area contributed by atoms with Crippen LogP contribution in [0, 0.1) is 0 Å². The van der Waals surface area contributed by atoms with Crippen molar-refractivity contribution >= 4 is 11.6 Å². The molecule has 0 spiro atoms. The number of likely N-dealkylation sites (tertiary alicyclic amines) is 1. The molecule has 0 saturated carbocycles. The van der Waals surface area contributed by atoms with Crippen LogP contribution in [0.1, 0.15) is 37.8 Å². The molecule has 0 aromatic heterocycles. The molecule has 3 nitrogen and oxygen atoms in total. The van der Waals surface area contributed by atoms with Crippen molar-refractivity contribution in [2.45, 2.75) is 32.2 Å². The molecule has 1 atom stereocenters. The molecule has 16 heavy (non-hydrogen) atoms. The first-order chi connectivity index (χ1) is 7.70. The Balaban J connectivity index is 2.21. The van der Waals surface area contributed by atoms with E-state index >= 15 is 0 Å². The normalized spacial score (nSPS) is 18.6. The summed E-state index contributed by atoms with van der Waals surface area (Å²) in [4.78, 5) is 13.7.